The summed E-state index contributed by atoms with van der Waals surface area (Å²) in [6, 6.07) is 4.28. The quantitative estimate of drug-likeness (QED) is 0.741. The number of hydrogen-bond donors (Lipinski definition) is 2. The molecule has 0 bridgehead atoms. The third-order valence-electron chi connectivity index (χ3n) is 5.50. The van der Waals surface area contributed by atoms with E-state index in [1.807, 2.05) is 0 Å². The van der Waals surface area contributed by atoms with Crippen molar-refractivity contribution in [3.05, 3.63) is 33.8 Å². The topological polar surface area (TPSA) is 78.5 Å². The summed E-state index contributed by atoms with van der Waals surface area (Å²) >= 11 is 11.9. The Bertz CT molecular complexity index is 775. The molecule has 2 N–H and O–H groups in total. The molecule has 27 heavy (non-hydrogen) atoms. The Kier molecular flexibility index (Phi) is 5.68. The van der Waals surface area contributed by atoms with Gasteiger partial charge in [-0.05, 0) is 56.2 Å². The average molecular weight is 412 g/mol. The van der Waals surface area contributed by atoms with Gasteiger partial charge in [0.25, 0.3) is 5.91 Å². The van der Waals surface area contributed by atoms with E-state index in [9.17, 15) is 14.4 Å². The minimum atomic E-state index is -0.834. The van der Waals surface area contributed by atoms with E-state index in [1.165, 1.54) is 0 Å². The monoisotopic (exact) mass is 411 g/mol. The molecule has 1 atom stereocenters. The van der Waals surface area contributed by atoms with E-state index in [0.29, 0.717) is 28.8 Å². The first-order chi connectivity index (χ1) is 12.7. The van der Waals surface area contributed by atoms with Gasteiger partial charge in [0.2, 0.25) is 5.91 Å². The summed E-state index contributed by atoms with van der Waals surface area (Å²) in [6.45, 7) is 3.64. The number of carbonyl (C=O) groups excluding carboxylic acids is 3. The van der Waals surface area contributed by atoms with Crippen LogP contribution in [0.3, 0.4) is 0 Å². The maximum Gasteiger partial charge on any atom is 0.325 e. The van der Waals surface area contributed by atoms with E-state index in [-0.39, 0.29) is 18.5 Å². The standard InChI is InChI=1S/C19H23Cl2N3O3/c1-11-5-7-19(8-6-11)17(26)24(18(27)23-19)10-16(25)22-12(2)13-3-4-14(20)15(21)9-13/h3-4,9,11-12H,5-8,10H2,1-2H3,(H,22,25)(H,23,27)/t11?,12-,19?/m1/s1. The third kappa shape index (κ3) is 4.06. The highest BCUT2D eigenvalue weighted by atomic mass is 35.5. The molecular formula is C19H23Cl2N3O3. The molecule has 2 aliphatic rings. The molecule has 6 nitrogen and oxygen atoms in total. The van der Waals surface area contributed by atoms with Crippen LogP contribution in [0.25, 0.3) is 0 Å². The van der Waals surface area contributed by atoms with Crippen LogP contribution in [0.5, 0.6) is 0 Å². The molecule has 1 aliphatic carbocycles. The molecule has 8 heteroatoms. The zero-order valence-electron chi connectivity index (χ0n) is 15.4. The Hall–Kier alpha value is -1.79. The van der Waals surface area contributed by atoms with Gasteiger partial charge in [-0.3, -0.25) is 14.5 Å². The molecule has 4 amide bonds. The molecular weight excluding hydrogens is 389 g/mol. The van der Waals surface area contributed by atoms with Gasteiger partial charge in [-0.25, -0.2) is 4.79 Å². The number of carbonyl (C=O) groups is 3. The Balaban J connectivity index is 1.62. The lowest BCUT2D eigenvalue weighted by Gasteiger charge is -2.33. The van der Waals surface area contributed by atoms with E-state index in [2.05, 4.69) is 17.6 Å². The largest absolute Gasteiger partial charge is 0.348 e. The van der Waals surface area contributed by atoms with E-state index in [0.717, 1.165) is 23.3 Å². The van der Waals surface area contributed by atoms with Crippen LogP contribution in [0.2, 0.25) is 10.0 Å². The van der Waals surface area contributed by atoms with Crippen molar-refractivity contribution >= 4 is 41.0 Å². The predicted octanol–water partition coefficient (Wildman–Crippen LogP) is 3.67. The van der Waals surface area contributed by atoms with Crippen LogP contribution in [-0.4, -0.2) is 34.8 Å². The Morgan fingerprint density at radius 3 is 2.59 bits per heavy atom. The van der Waals surface area contributed by atoms with Crippen LogP contribution in [-0.2, 0) is 9.59 Å². The van der Waals surface area contributed by atoms with Crippen LogP contribution in [0.15, 0.2) is 18.2 Å². The minimum Gasteiger partial charge on any atom is -0.348 e. The molecule has 0 unspecified atom stereocenters. The van der Waals surface area contributed by atoms with Crippen LogP contribution < -0.4 is 10.6 Å². The lowest BCUT2D eigenvalue weighted by atomic mass is 9.77. The number of halogens is 2. The molecule has 1 spiro atoms. The molecule has 2 fully saturated rings. The molecule has 146 valence electrons. The van der Waals surface area contributed by atoms with Crippen molar-refractivity contribution < 1.29 is 14.4 Å². The van der Waals surface area contributed by atoms with Crippen molar-refractivity contribution in [2.45, 2.75) is 51.1 Å². The van der Waals surface area contributed by atoms with Crippen LogP contribution in [0.1, 0.15) is 51.1 Å². The van der Waals surface area contributed by atoms with Gasteiger partial charge in [-0.1, -0.05) is 36.2 Å². The van der Waals surface area contributed by atoms with Crippen LogP contribution in [0, 0.1) is 5.92 Å². The SMILES string of the molecule is CC1CCC2(CC1)NC(=O)N(CC(=O)N[C@H](C)c1ccc(Cl)c(Cl)c1)C2=O. The lowest BCUT2D eigenvalue weighted by molar-refractivity contribution is -0.136. The number of urea groups is 1. The fourth-order valence-electron chi connectivity index (χ4n) is 3.71. The van der Waals surface area contributed by atoms with Crippen molar-refractivity contribution in [3.8, 4) is 0 Å². The van der Waals surface area contributed by atoms with Gasteiger partial charge in [0.05, 0.1) is 16.1 Å². The summed E-state index contributed by atoms with van der Waals surface area (Å²) in [4.78, 5) is 38.5. The Morgan fingerprint density at radius 1 is 1.30 bits per heavy atom. The number of hydrogen-bond acceptors (Lipinski definition) is 3. The highest BCUT2D eigenvalue weighted by Gasteiger charge is 2.52. The second-order valence-electron chi connectivity index (χ2n) is 7.55. The van der Waals surface area contributed by atoms with Gasteiger partial charge in [0.15, 0.2) is 0 Å². The number of nitrogens with zero attached hydrogens (tertiary/aromatic N) is 1. The molecule has 1 saturated carbocycles. The smallest absolute Gasteiger partial charge is 0.325 e. The fraction of sp³-hybridized carbons (Fsp3) is 0.526. The van der Waals surface area contributed by atoms with Crippen molar-refractivity contribution in [2.75, 3.05) is 6.54 Å². The number of rotatable bonds is 4. The summed E-state index contributed by atoms with van der Waals surface area (Å²) < 4.78 is 0. The summed E-state index contributed by atoms with van der Waals surface area (Å²) in [6.07, 6.45) is 3.02. The molecule has 1 aromatic rings. The van der Waals surface area contributed by atoms with Crippen molar-refractivity contribution in [3.63, 3.8) is 0 Å². The van der Waals surface area contributed by atoms with Gasteiger partial charge >= 0.3 is 6.03 Å². The summed E-state index contributed by atoms with van der Waals surface area (Å²) in [7, 11) is 0. The average Bonchev–Trinajstić information content (AvgIpc) is 2.84. The van der Waals surface area contributed by atoms with E-state index >= 15 is 0 Å². The number of nitrogens with one attached hydrogen (secondary N) is 2. The molecule has 1 saturated heterocycles. The van der Waals surface area contributed by atoms with Crippen molar-refractivity contribution in [1.29, 1.82) is 0 Å². The minimum absolute atomic E-state index is 0.295. The zero-order valence-corrected chi connectivity index (χ0v) is 16.9. The van der Waals surface area contributed by atoms with E-state index in [1.54, 1.807) is 25.1 Å². The van der Waals surface area contributed by atoms with Gasteiger partial charge in [0.1, 0.15) is 12.1 Å². The summed E-state index contributed by atoms with van der Waals surface area (Å²) in [5, 5.41) is 6.45. The van der Waals surface area contributed by atoms with Crippen LogP contribution in [0.4, 0.5) is 4.79 Å². The molecule has 1 aromatic carbocycles. The van der Waals surface area contributed by atoms with E-state index in [4.69, 9.17) is 23.2 Å². The molecule has 0 radical (unpaired) electrons. The summed E-state index contributed by atoms with van der Waals surface area (Å²) in [5.74, 6) is -0.153. The normalized spacial score (nSPS) is 26.2. The second kappa shape index (κ2) is 7.68. The summed E-state index contributed by atoms with van der Waals surface area (Å²) in [5.41, 5.74) is -0.0492. The highest BCUT2D eigenvalue weighted by molar-refractivity contribution is 6.42. The maximum absolute atomic E-state index is 12.8. The lowest BCUT2D eigenvalue weighted by Crippen LogP contribution is -2.50. The zero-order chi connectivity index (χ0) is 19.8. The maximum atomic E-state index is 12.8. The predicted molar refractivity (Wildman–Crippen MR) is 104 cm³/mol. The number of amides is 4. The molecule has 3 rings (SSSR count). The van der Waals surface area contributed by atoms with Gasteiger partial charge < -0.3 is 10.6 Å². The Morgan fingerprint density at radius 2 is 1.96 bits per heavy atom. The first kappa shape index (κ1) is 20.0. The van der Waals surface area contributed by atoms with Gasteiger partial charge in [0, 0.05) is 0 Å². The highest BCUT2D eigenvalue weighted by Crippen LogP contribution is 2.36. The second-order valence-corrected chi connectivity index (χ2v) is 8.36. The van der Waals surface area contributed by atoms with Crippen LogP contribution >= 0.6 is 23.2 Å². The first-order valence-electron chi connectivity index (χ1n) is 9.10. The Labute approximate surface area is 168 Å². The van der Waals surface area contributed by atoms with Gasteiger partial charge in [-0.2, -0.15) is 0 Å². The van der Waals surface area contributed by atoms with Crippen molar-refractivity contribution in [1.82, 2.24) is 15.5 Å². The molecule has 1 aliphatic heterocycles. The number of benzene rings is 1. The third-order valence-corrected chi connectivity index (χ3v) is 6.24. The fourth-order valence-corrected chi connectivity index (χ4v) is 4.02. The van der Waals surface area contributed by atoms with Crippen molar-refractivity contribution in [2.24, 2.45) is 5.92 Å². The number of imide groups is 1. The van der Waals surface area contributed by atoms with Gasteiger partial charge in [-0.15, -0.1) is 0 Å². The first-order valence-corrected chi connectivity index (χ1v) is 9.86. The molecule has 1 heterocycles. The van der Waals surface area contributed by atoms with E-state index < -0.39 is 17.5 Å². The molecule has 0 aromatic heterocycles.